The molecule has 34 heavy (non-hydrogen) atoms. The van der Waals surface area contributed by atoms with Crippen molar-refractivity contribution in [2.24, 2.45) is 0 Å². The van der Waals surface area contributed by atoms with Crippen LogP contribution in [-0.2, 0) is 6.18 Å². The Balaban J connectivity index is 1.72. The molecular weight excluding hydrogens is 453 g/mol. The maximum atomic E-state index is 13.2. The average Bonchev–Trinajstić information content (AvgIpc) is 2.81. The number of rotatable bonds is 5. The first-order valence-corrected chi connectivity index (χ1v) is 10.3. The van der Waals surface area contributed by atoms with Crippen molar-refractivity contribution in [1.29, 1.82) is 0 Å². The number of nitrogens with zero attached hydrogens (tertiary/aromatic N) is 4. The summed E-state index contributed by atoms with van der Waals surface area (Å²) in [6.45, 7) is 0. The SMILES string of the molecule is COc1cc(NC(=O)N(c2nc(-c3cccc(C(F)(F)F)c3)ccc2N)C2CC[C@H]2O)ncn1. The molecule has 0 aliphatic heterocycles. The summed E-state index contributed by atoms with van der Waals surface area (Å²) in [6, 6.07) is 7.71. The van der Waals surface area contributed by atoms with Gasteiger partial charge in [0.15, 0.2) is 5.82 Å². The largest absolute Gasteiger partial charge is 0.481 e. The highest BCUT2D eigenvalue weighted by molar-refractivity contribution is 6.03. The summed E-state index contributed by atoms with van der Waals surface area (Å²) in [4.78, 5) is 26.7. The Kier molecular flexibility index (Phi) is 6.24. The van der Waals surface area contributed by atoms with Crippen LogP contribution in [0.4, 0.5) is 35.3 Å². The zero-order valence-corrected chi connectivity index (χ0v) is 18.0. The number of alkyl halides is 3. The summed E-state index contributed by atoms with van der Waals surface area (Å²) in [7, 11) is 1.41. The number of halogens is 3. The van der Waals surface area contributed by atoms with E-state index in [9.17, 15) is 23.1 Å². The number of aromatic nitrogens is 3. The number of pyridine rings is 1. The van der Waals surface area contributed by atoms with Crippen LogP contribution in [0.2, 0.25) is 0 Å². The van der Waals surface area contributed by atoms with Crippen molar-refractivity contribution in [2.75, 3.05) is 23.1 Å². The normalized spacial score (nSPS) is 17.6. The van der Waals surface area contributed by atoms with Crippen molar-refractivity contribution in [1.82, 2.24) is 15.0 Å². The van der Waals surface area contributed by atoms with Crippen LogP contribution in [0, 0.1) is 0 Å². The summed E-state index contributed by atoms with van der Waals surface area (Å²) < 4.78 is 44.6. The molecule has 1 fully saturated rings. The van der Waals surface area contributed by atoms with Gasteiger partial charge < -0.3 is 15.6 Å². The Morgan fingerprint density at radius 3 is 2.65 bits per heavy atom. The highest BCUT2D eigenvalue weighted by atomic mass is 19.4. The van der Waals surface area contributed by atoms with E-state index in [4.69, 9.17) is 10.5 Å². The van der Waals surface area contributed by atoms with E-state index >= 15 is 0 Å². The van der Waals surface area contributed by atoms with E-state index in [-0.39, 0.29) is 34.5 Å². The molecule has 2 atom stereocenters. The number of aliphatic hydroxyl groups excluding tert-OH is 1. The molecule has 1 aliphatic carbocycles. The molecule has 1 unspecified atom stereocenters. The number of carbonyl (C=O) groups excluding carboxylic acids is 1. The number of nitrogens with two attached hydrogens (primary N) is 1. The van der Waals surface area contributed by atoms with Crippen molar-refractivity contribution < 1.29 is 27.8 Å². The van der Waals surface area contributed by atoms with E-state index in [1.54, 1.807) is 0 Å². The van der Waals surface area contributed by atoms with Crippen molar-refractivity contribution in [3.8, 4) is 17.1 Å². The number of urea groups is 1. The Labute approximate surface area is 192 Å². The highest BCUT2D eigenvalue weighted by Crippen LogP contribution is 2.36. The van der Waals surface area contributed by atoms with E-state index in [1.165, 1.54) is 48.7 Å². The average molecular weight is 474 g/mol. The third-order valence-corrected chi connectivity index (χ3v) is 5.46. The van der Waals surface area contributed by atoms with Gasteiger partial charge in [-0.2, -0.15) is 13.2 Å². The molecule has 3 aromatic rings. The van der Waals surface area contributed by atoms with E-state index in [0.29, 0.717) is 12.8 Å². The first-order chi connectivity index (χ1) is 16.2. The first-order valence-electron chi connectivity index (χ1n) is 10.3. The molecule has 0 spiro atoms. The van der Waals surface area contributed by atoms with Crippen LogP contribution in [0.3, 0.4) is 0 Å². The van der Waals surface area contributed by atoms with Crippen LogP contribution in [0.25, 0.3) is 11.3 Å². The molecule has 12 heteroatoms. The Bertz CT molecular complexity index is 1210. The molecule has 0 saturated heterocycles. The number of ether oxygens (including phenoxy) is 1. The molecule has 1 aliphatic rings. The van der Waals surface area contributed by atoms with Gasteiger partial charge in [0.25, 0.3) is 0 Å². The van der Waals surface area contributed by atoms with Gasteiger partial charge in [0.1, 0.15) is 12.1 Å². The lowest BCUT2D eigenvalue weighted by molar-refractivity contribution is -0.137. The minimum Gasteiger partial charge on any atom is -0.481 e. The van der Waals surface area contributed by atoms with E-state index in [2.05, 4.69) is 20.3 Å². The van der Waals surface area contributed by atoms with Gasteiger partial charge in [-0.05, 0) is 37.1 Å². The van der Waals surface area contributed by atoms with Gasteiger partial charge >= 0.3 is 12.2 Å². The molecule has 2 amide bonds. The Hall–Kier alpha value is -3.93. The predicted molar refractivity (Wildman–Crippen MR) is 118 cm³/mol. The summed E-state index contributed by atoms with van der Waals surface area (Å²) in [6.07, 6.45) is -3.17. The fraction of sp³-hybridized carbons (Fsp3) is 0.273. The fourth-order valence-electron chi connectivity index (χ4n) is 3.53. The van der Waals surface area contributed by atoms with E-state index < -0.39 is 29.9 Å². The number of hydrogen-bond donors (Lipinski definition) is 3. The van der Waals surface area contributed by atoms with Gasteiger partial charge in [-0.3, -0.25) is 10.2 Å². The number of hydrogen-bond acceptors (Lipinski definition) is 7. The third-order valence-electron chi connectivity index (χ3n) is 5.46. The van der Waals surface area contributed by atoms with E-state index in [0.717, 1.165) is 12.1 Å². The van der Waals surface area contributed by atoms with Crippen LogP contribution in [0.5, 0.6) is 5.88 Å². The predicted octanol–water partition coefficient (Wildman–Crippen LogP) is 3.71. The lowest BCUT2D eigenvalue weighted by Crippen LogP contribution is -2.55. The minimum absolute atomic E-state index is 0.0113. The molecule has 1 saturated carbocycles. The third kappa shape index (κ3) is 4.71. The van der Waals surface area contributed by atoms with Gasteiger partial charge in [0, 0.05) is 11.6 Å². The summed E-state index contributed by atoms with van der Waals surface area (Å²) >= 11 is 0. The summed E-state index contributed by atoms with van der Waals surface area (Å²) in [5, 5.41) is 12.9. The number of anilines is 3. The van der Waals surface area contributed by atoms with Crippen LogP contribution in [-0.4, -0.2) is 45.3 Å². The number of methoxy groups -OCH3 is 1. The molecule has 2 aromatic heterocycles. The Morgan fingerprint density at radius 1 is 1.21 bits per heavy atom. The van der Waals surface area contributed by atoms with Crippen LogP contribution < -0.4 is 20.7 Å². The van der Waals surface area contributed by atoms with Crippen LogP contribution in [0.1, 0.15) is 18.4 Å². The fourth-order valence-corrected chi connectivity index (χ4v) is 3.53. The maximum absolute atomic E-state index is 13.2. The van der Waals surface area contributed by atoms with Crippen molar-refractivity contribution in [3.63, 3.8) is 0 Å². The molecule has 2 heterocycles. The quantitative estimate of drug-likeness (QED) is 0.515. The second-order valence-electron chi connectivity index (χ2n) is 7.65. The monoisotopic (exact) mass is 474 g/mol. The molecule has 0 bridgehead atoms. The number of nitrogen functional groups attached to an aromatic ring is 1. The van der Waals surface area contributed by atoms with Crippen molar-refractivity contribution >= 4 is 23.4 Å². The highest BCUT2D eigenvalue weighted by Gasteiger charge is 2.39. The maximum Gasteiger partial charge on any atom is 0.416 e. The molecule has 9 nitrogen and oxygen atoms in total. The molecule has 4 N–H and O–H groups in total. The number of carbonyl (C=O) groups is 1. The summed E-state index contributed by atoms with van der Waals surface area (Å²) in [5.41, 5.74) is 5.79. The van der Waals surface area contributed by atoms with Crippen molar-refractivity contribution in [2.45, 2.75) is 31.2 Å². The zero-order valence-electron chi connectivity index (χ0n) is 18.0. The smallest absolute Gasteiger partial charge is 0.416 e. The molecule has 1 aromatic carbocycles. The molecule has 178 valence electrons. The minimum atomic E-state index is -4.52. The zero-order chi connectivity index (χ0) is 24.5. The van der Waals surface area contributed by atoms with Crippen LogP contribution >= 0.6 is 0 Å². The number of benzene rings is 1. The van der Waals surface area contributed by atoms with Gasteiger partial charge in [0.2, 0.25) is 5.88 Å². The van der Waals surface area contributed by atoms with Crippen LogP contribution in [0.15, 0.2) is 48.8 Å². The second kappa shape index (κ2) is 9.14. The van der Waals surface area contributed by atoms with Gasteiger partial charge in [-0.15, -0.1) is 0 Å². The molecule has 4 rings (SSSR count). The summed E-state index contributed by atoms with van der Waals surface area (Å²) in [5.74, 6) is 0.380. The number of amides is 2. The second-order valence-corrected chi connectivity index (χ2v) is 7.65. The van der Waals surface area contributed by atoms with E-state index in [1.807, 2.05) is 0 Å². The Morgan fingerprint density at radius 2 is 2.00 bits per heavy atom. The lowest BCUT2D eigenvalue weighted by atomic mass is 9.87. The number of nitrogens with one attached hydrogen (secondary N) is 1. The number of aliphatic hydroxyl groups is 1. The standard InChI is InChI=1S/C22H21F3N6O3/c1-34-19-10-18(27-11-28-19)30-21(33)31(16-7-8-17(16)32)20-14(26)5-6-15(29-20)12-3-2-4-13(9-12)22(23,24)25/h2-6,9-11,16-17,32H,7-8,26H2,1H3,(H,27,28,30,33)/t16?,17-/m1/s1. The molecular formula is C22H21F3N6O3. The van der Waals surface area contributed by atoms with Gasteiger partial charge in [-0.25, -0.2) is 19.7 Å². The topological polar surface area (TPSA) is 126 Å². The molecule has 0 radical (unpaired) electrons. The van der Waals surface area contributed by atoms with Crippen molar-refractivity contribution in [3.05, 3.63) is 54.4 Å². The van der Waals surface area contributed by atoms with Gasteiger partial charge in [0.05, 0.1) is 36.2 Å². The van der Waals surface area contributed by atoms with Gasteiger partial charge in [-0.1, -0.05) is 12.1 Å². The lowest BCUT2D eigenvalue weighted by Gasteiger charge is -2.41. The first kappa shape index (κ1) is 23.2.